The first-order chi connectivity index (χ1) is 8.77. The number of hydrogen-bond acceptors (Lipinski definition) is 4. The summed E-state index contributed by atoms with van der Waals surface area (Å²) in [6.07, 6.45) is -8.27. The molecule has 2 N–H and O–H groups in total. The van der Waals surface area contributed by atoms with Crippen LogP contribution in [0.15, 0.2) is 24.3 Å². The molecule has 0 saturated carbocycles. The molecule has 0 aliphatic heterocycles. The van der Waals surface area contributed by atoms with E-state index in [0.717, 1.165) is 12.1 Å². The van der Waals surface area contributed by atoms with Crippen LogP contribution in [-0.2, 0) is 15.7 Å². The maximum Gasteiger partial charge on any atom is 0.416 e. The Morgan fingerprint density at radius 3 is 2.53 bits per heavy atom. The Morgan fingerprint density at radius 1 is 1.37 bits per heavy atom. The average Bonchev–Trinajstić information content (AvgIpc) is 2.36. The highest BCUT2D eigenvalue weighted by Gasteiger charge is 2.32. The Kier molecular flexibility index (Phi) is 4.90. The summed E-state index contributed by atoms with van der Waals surface area (Å²) >= 11 is 0. The van der Waals surface area contributed by atoms with Gasteiger partial charge in [-0.1, -0.05) is 12.1 Å². The second-order valence-electron chi connectivity index (χ2n) is 3.76. The van der Waals surface area contributed by atoms with Crippen molar-refractivity contribution in [1.29, 1.82) is 0 Å². The Balaban J connectivity index is 2.94. The van der Waals surface area contributed by atoms with Crippen molar-refractivity contribution in [3.05, 3.63) is 35.4 Å². The minimum atomic E-state index is -4.56. The second kappa shape index (κ2) is 6.03. The molecular formula is C12H13F3O4. The fourth-order valence-corrected chi connectivity index (χ4v) is 1.44. The van der Waals surface area contributed by atoms with Crippen LogP contribution in [0.2, 0.25) is 0 Å². The van der Waals surface area contributed by atoms with Crippen LogP contribution < -0.4 is 0 Å². The third-order valence-corrected chi connectivity index (χ3v) is 2.38. The summed E-state index contributed by atoms with van der Waals surface area (Å²) in [5, 5.41) is 19.1. The molecule has 1 aromatic carbocycles. The second-order valence-corrected chi connectivity index (χ2v) is 3.76. The van der Waals surface area contributed by atoms with Crippen LogP contribution in [0, 0.1) is 0 Å². The van der Waals surface area contributed by atoms with Gasteiger partial charge in [-0.2, -0.15) is 13.2 Å². The van der Waals surface area contributed by atoms with E-state index >= 15 is 0 Å². The van der Waals surface area contributed by atoms with Crippen molar-refractivity contribution in [2.45, 2.75) is 25.3 Å². The monoisotopic (exact) mass is 278 g/mol. The Morgan fingerprint density at radius 2 is 2.00 bits per heavy atom. The maximum atomic E-state index is 12.5. The van der Waals surface area contributed by atoms with Gasteiger partial charge in [0.1, 0.15) is 6.10 Å². The van der Waals surface area contributed by atoms with Crippen molar-refractivity contribution in [2.24, 2.45) is 0 Å². The molecule has 7 heteroatoms. The Labute approximate surface area is 107 Å². The summed E-state index contributed by atoms with van der Waals surface area (Å²) in [7, 11) is 0. The van der Waals surface area contributed by atoms with Gasteiger partial charge in [-0.25, -0.2) is 4.79 Å². The van der Waals surface area contributed by atoms with E-state index in [1.165, 1.54) is 13.0 Å². The van der Waals surface area contributed by atoms with Crippen molar-refractivity contribution in [1.82, 2.24) is 0 Å². The number of halogens is 3. The molecule has 2 atom stereocenters. The smallest absolute Gasteiger partial charge is 0.416 e. The third-order valence-electron chi connectivity index (χ3n) is 2.38. The number of aliphatic hydroxyl groups is 2. The molecule has 0 radical (unpaired) electrons. The van der Waals surface area contributed by atoms with Gasteiger partial charge in [-0.3, -0.25) is 0 Å². The highest BCUT2D eigenvalue weighted by atomic mass is 19.4. The van der Waals surface area contributed by atoms with Crippen LogP contribution >= 0.6 is 0 Å². The van der Waals surface area contributed by atoms with E-state index in [-0.39, 0.29) is 12.2 Å². The summed E-state index contributed by atoms with van der Waals surface area (Å²) in [6, 6.07) is 3.77. The van der Waals surface area contributed by atoms with Crippen LogP contribution in [0.25, 0.3) is 0 Å². The predicted molar refractivity (Wildman–Crippen MR) is 59.0 cm³/mol. The quantitative estimate of drug-likeness (QED) is 0.822. The first-order valence-electron chi connectivity index (χ1n) is 5.47. The summed E-state index contributed by atoms with van der Waals surface area (Å²) < 4.78 is 41.9. The molecule has 0 heterocycles. The minimum Gasteiger partial charge on any atom is -0.464 e. The number of rotatable bonds is 4. The molecule has 0 aliphatic carbocycles. The summed E-state index contributed by atoms with van der Waals surface area (Å²) in [6.45, 7) is 1.49. The highest BCUT2D eigenvalue weighted by molar-refractivity contribution is 5.75. The van der Waals surface area contributed by atoms with E-state index in [0.29, 0.717) is 6.07 Å². The van der Waals surface area contributed by atoms with Crippen molar-refractivity contribution >= 4 is 5.97 Å². The van der Waals surface area contributed by atoms with Gasteiger partial charge in [0.25, 0.3) is 0 Å². The number of aliphatic hydroxyl groups excluding tert-OH is 2. The Bertz CT molecular complexity index is 445. The zero-order valence-electron chi connectivity index (χ0n) is 10.0. The zero-order chi connectivity index (χ0) is 14.6. The molecular weight excluding hydrogens is 265 g/mol. The van der Waals surface area contributed by atoms with Crippen molar-refractivity contribution in [3.8, 4) is 0 Å². The van der Waals surface area contributed by atoms with E-state index in [9.17, 15) is 28.2 Å². The van der Waals surface area contributed by atoms with Gasteiger partial charge in [0.05, 0.1) is 12.2 Å². The number of benzene rings is 1. The van der Waals surface area contributed by atoms with Gasteiger partial charge >= 0.3 is 12.1 Å². The van der Waals surface area contributed by atoms with Gasteiger partial charge in [0, 0.05) is 0 Å². The number of carbonyl (C=O) groups is 1. The molecule has 0 saturated heterocycles. The molecule has 0 fully saturated rings. The fourth-order valence-electron chi connectivity index (χ4n) is 1.44. The summed E-state index contributed by atoms with van der Waals surface area (Å²) in [5.41, 5.74) is -1.18. The molecule has 0 unspecified atom stereocenters. The third kappa shape index (κ3) is 3.93. The van der Waals surface area contributed by atoms with Gasteiger partial charge in [0.15, 0.2) is 6.10 Å². The van der Waals surface area contributed by atoms with Gasteiger partial charge in [-0.15, -0.1) is 0 Å². The summed E-state index contributed by atoms with van der Waals surface area (Å²) in [5.74, 6) is -1.09. The van der Waals surface area contributed by atoms with Crippen LogP contribution in [0.5, 0.6) is 0 Å². The van der Waals surface area contributed by atoms with Crippen molar-refractivity contribution < 1.29 is 32.9 Å². The SMILES string of the molecule is CCOC(=O)[C@@H](O)[C@@H](O)c1cccc(C(F)(F)F)c1. The van der Waals surface area contributed by atoms with Crippen LogP contribution in [0.1, 0.15) is 24.2 Å². The number of alkyl halides is 3. The molecule has 1 rings (SSSR count). The van der Waals surface area contributed by atoms with Crippen molar-refractivity contribution in [2.75, 3.05) is 6.61 Å². The zero-order valence-corrected chi connectivity index (χ0v) is 10.0. The van der Waals surface area contributed by atoms with E-state index < -0.39 is 29.9 Å². The number of ether oxygens (including phenoxy) is 1. The molecule has 0 spiro atoms. The van der Waals surface area contributed by atoms with Gasteiger partial charge in [0.2, 0.25) is 0 Å². The first kappa shape index (κ1) is 15.5. The van der Waals surface area contributed by atoms with E-state index in [1.54, 1.807) is 0 Å². The van der Waals surface area contributed by atoms with E-state index in [4.69, 9.17) is 0 Å². The molecule has 1 aromatic rings. The molecule has 19 heavy (non-hydrogen) atoms. The topological polar surface area (TPSA) is 66.8 Å². The molecule has 0 aliphatic rings. The van der Waals surface area contributed by atoms with Crippen LogP contribution in [0.4, 0.5) is 13.2 Å². The number of hydrogen-bond donors (Lipinski definition) is 2. The highest BCUT2D eigenvalue weighted by Crippen LogP contribution is 2.31. The lowest BCUT2D eigenvalue weighted by Gasteiger charge is -2.17. The number of esters is 1. The average molecular weight is 278 g/mol. The minimum absolute atomic E-state index is 0.00873. The van der Waals surface area contributed by atoms with E-state index in [1.807, 2.05) is 0 Å². The molecule has 4 nitrogen and oxygen atoms in total. The Hall–Kier alpha value is -1.60. The van der Waals surface area contributed by atoms with Crippen LogP contribution in [0.3, 0.4) is 0 Å². The lowest BCUT2D eigenvalue weighted by Crippen LogP contribution is -2.30. The molecule has 0 amide bonds. The maximum absolute atomic E-state index is 12.5. The molecule has 0 bridgehead atoms. The van der Waals surface area contributed by atoms with E-state index in [2.05, 4.69) is 4.74 Å². The van der Waals surface area contributed by atoms with Crippen molar-refractivity contribution in [3.63, 3.8) is 0 Å². The van der Waals surface area contributed by atoms with Crippen LogP contribution in [-0.4, -0.2) is 28.9 Å². The largest absolute Gasteiger partial charge is 0.464 e. The summed E-state index contributed by atoms with van der Waals surface area (Å²) in [4.78, 5) is 11.2. The number of carbonyl (C=O) groups excluding carboxylic acids is 1. The molecule has 0 aromatic heterocycles. The first-order valence-corrected chi connectivity index (χ1v) is 5.47. The predicted octanol–water partition coefficient (Wildman–Crippen LogP) is 1.66. The normalized spacial score (nSPS) is 14.8. The molecule has 106 valence electrons. The standard InChI is InChI=1S/C12H13F3O4/c1-2-19-11(18)10(17)9(16)7-4-3-5-8(6-7)12(13,14)15/h3-6,9-10,16-17H,2H2,1H3/t9-,10-/m0/s1. The van der Waals surface area contributed by atoms with Gasteiger partial charge in [-0.05, 0) is 24.6 Å². The lowest BCUT2D eigenvalue weighted by molar-refractivity contribution is -0.159. The lowest BCUT2D eigenvalue weighted by atomic mass is 10.0. The van der Waals surface area contributed by atoms with Gasteiger partial charge < -0.3 is 14.9 Å². The fraction of sp³-hybridized carbons (Fsp3) is 0.417.